The SMILES string of the molecule is CCNC(=O)[C@H](C)NC(=O)COc1cc(C)cc(C)c1. The van der Waals surface area contributed by atoms with E-state index in [1.54, 1.807) is 6.92 Å². The molecule has 0 heterocycles. The summed E-state index contributed by atoms with van der Waals surface area (Å²) in [5.41, 5.74) is 2.16. The average molecular weight is 278 g/mol. The van der Waals surface area contributed by atoms with Crippen LogP contribution in [0.5, 0.6) is 5.75 Å². The van der Waals surface area contributed by atoms with Crippen molar-refractivity contribution in [3.63, 3.8) is 0 Å². The highest BCUT2D eigenvalue weighted by molar-refractivity contribution is 5.87. The average Bonchev–Trinajstić information content (AvgIpc) is 2.35. The second-order valence-electron chi connectivity index (χ2n) is 4.80. The van der Waals surface area contributed by atoms with Gasteiger partial charge in [0, 0.05) is 6.54 Å². The largest absolute Gasteiger partial charge is 0.484 e. The number of rotatable bonds is 6. The molecule has 1 atom stereocenters. The molecule has 0 saturated carbocycles. The van der Waals surface area contributed by atoms with E-state index in [0.29, 0.717) is 12.3 Å². The molecule has 0 bridgehead atoms. The Morgan fingerprint density at radius 2 is 1.80 bits per heavy atom. The second-order valence-corrected chi connectivity index (χ2v) is 4.80. The van der Waals surface area contributed by atoms with E-state index in [1.165, 1.54) is 0 Å². The van der Waals surface area contributed by atoms with E-state index in [4.69, 9.17) is 4.74 Å². The fourth-order valence-corrected chi connectivity index (χ4v) is 1.84. The van der Waals surface area contributed by atoms with Crippen molar-refractivity contribution in [3.8, 4) is 5.75 Å². The Morgan fingerprint density at radius 3 is 2.35 bits per heavy atom. The summed E-state index contributed by atoms with van der Waals surface area (Å²) >= 11 is 0. The fourth-order valence-electron chi connectivity index (χ4n) is 1.84. The molecule has 2 amide bonds. The molecule has 0 fully saturated rings. The zero-order valence-electron chi connectivity index (χ0n) is 12.4. The van der Waals surface area contributed by atoms with Crippen LogP contribution in [-0.4, -0.2) is 31.0 Å². The van der Waals surface area contributed by atoms with Gasteiger partial charge in [-0.1, -0.05) is 6.07 Å². The van der Waals surface area contributed by atoms with E-state index >= 15 is 0 Å². The van der Waals surface area contributed by atoms with Crippen molar-refractivity contribution < 1.29 is 14.3 Å². The molecule has 0 aliphatic rings. The zero-order chi connectivity index (χ0) is 15.1. The predicted octanol–water partition coefficient (Wildman–Crippen LogP) is 1.32. The first-order chi connectivity index (χ1) is 9.42. The van der Waals surface area contributed by atoms with E-state index < -0.39 is 6.04 Å². The Balaban J connectivity index is 2.45. The maximum Gasteiger partial charge on any atom is 0.258 e. The van der Waals surface area contributed by atoms with Crippen LogP contribution in [0, 0.1) is 13.8 Å². The van der Waals surface area contributed by atoms with Gasteiger partial charge in [-0.2, -0.15) is 0 Å². The van der Waals surface area contributed by atoms with Crippen molar-refractivity contribution in [2.45, 2.75) is 33.7 Å². The molecule has 0 aliphatic heterocycles. The van der Waals surface area contributed by atoms with Crippen LogP contribution >= 0.6 is 0 Å². The van der Waals surface area contributed by atoms with Crippen LogP contribution in [0.1, 0.15) is 25.0 Å². The number of ether oxygens (including phenoxy) is 1. The Labute approximate surface area is 119 Å². The van der Waals surface area contributed by atoms with Crippen molar-refractivity contribution in [1.29, 1.82) is 0 Å². The van der Waals surface area contributed by atoms with Crippen LogP contribution in [0.4, 0.5) is 0 Å². The van der Waals surface area contributed by atoms with Crippen LogP contribution in [-0.2, 0) is 9.59 Å². The highest BCUT2D eigenvalue weighted by Crippen LogP contribution is 2.15. The van der Waals surface area contributed by atoms with Gasteiger partial charge in [-0.25, -0.2) is 0 Å². The van der Waals surface area contributed by atoms with Gasteiger partial charge in [-0.15, -0.1) is 0 Å². The summed E-state index contributed by atoms with van der Waals surface area (Å²) in [6.45, 7) is 7.84. The minimum atomic E-state index is -0.565. The highest BCUT2D eigenvalue weighted by atomic mass is 16.5. The molecule has 0 radical (unpaired) electrons. The minimum absolute atomic E-state index is 0.105. The van der Waals surface area contributed by atoms with E-state index in [1.807, 2.05) is 39.0 Å². The van der Waals surface area contributed by atoms with Gasteiger partial charge < -0.3 is 15.4 Å². The van der Waals surface area contributed by atoms with E-state index in [9.17, 15) is 9.59 Å². The van der Waals surface area contributed by atoms with Gasteiger partial charge in [-0.3, -0.25) is 9.59 Å². The number of nitrogens with one attached hydrogen (secondary N) is 2. The number of aryl methyl sites for hydroxylation is 2. The van der Waals surface area contributed by atoms with Gasteiger partial charge >= 0.3 is 0 Å². The van der Waals surface area contributed by atoms with Crippen molar-refractivity contribution in [2.24, 2.45) is 0 Å². The molecule has 5 nitrogen and oxygen atoms in total. The molecule has 1 rings (SSSR count). The molecule has 0 aliphatic carbocycles. The maximum absolute atomic E-state index is 11.7. The quantitative estimate of drug-likeness (QED) is 0.824. The number of amides is 2. The smallest absolute Gasteiger partial charge is 0.258 e. The molecule has 0 aromatic heterocycles. The summed E-state index contributed by atoms with van der Waals surface area (Å²) in [7, 11) is 0. The number of benzene rings is 1. The van der Waals surface area contributed by atoms with Crippen molar-refractivity contribution >= 4 is 11.8 Å². The second kappa shape index (κ2) is 7.53. The number of carbonyl (C=O) groups is 2. The summed E-state index contributed by atoms with van der Waals surface area (Å²) in [4.78, 5) is 23.2. The number of carbonyl (C=O) groups excluding carboxylic acids is 2. The van der Waals surface area contributed by atoms with Gasteiger partial charge in [0.05, 0.1) is 0 Å². The molecule has 1 aromatic rings. The fraction of sp³-hybridized carbons (Fsp3) is 0.467. The summed E-state index contributed by atoms with van der Waals surface area (Å²) in [5.74, 6) is 0.137. The molecule has 0 saturated heterocycles. The van der Waals surface area contributed by atoms with Crippen LogP contribution in [0.25, 0.3) is 0 Å². The standard InChI is InChI=1S/C15H22N2O3/c1-5-16-15(19)12(4)17-14(18)9-20-13-7-10(2)6-11(3)8-13/h6-8,12H,5,9H2,1-4H3,(H,16,19)(H,17,18)/t12-/m0/s1. The molecule has 2 N–H and O–H groups in total. The van der Waals surface area contributed by atoms with Gasteiger partial charge in [-0.05, 0) is 51.0 Å². The molecular weight excluding hydrogens is 256 g/mol. The van der Waals surface area contributed by atoms with E-state index in [0.717, 1.165) is 11.1 Å². The molecule has 5 heteroatoms. The molecule has 110 valence electrons. The summed E-state index contributed by atoms with van der Waals surface area (Å²) in [6, 6.07) is 5.20. The van der Waals surface area contributed by atoms with Crippen LogP contribution in [0.2, 0.25) is 0 Å². The summed E-state index contributed by atoms with van der Waals surface area (Å²) in [6.07, 6.45) is 0. The Morgan fingerprint density at radius 1 is 1.20 bits per heavy atom. The van der Waals surface area contributed by atoms with Crippen LogP contribution in [0.3, 0.4) is 0 Å². The molecule has 0 spiro atoms. The summed E-state index contributed by atoms with van der Waals surface area (Å²) in [5, 5.41) is 5.23. The van der Waals surface area contributed by atoms with Gasteiger partial charge in [0.25, 0.3) is 5.91 Å². The Bertz CT molecular complexity index is 466. The predicted molar refractivity (Wildman–Crippen MR) is 77.7 cm³/mol. The van der Waals surface area contributed by atoms with Crippen molar-refractivity contribution in [2.75, 3.05) is 13.2 Å². The first-order valence-corrected chi connectivity index (χ1v) is 6.70. The van der Waals surface area contributed by atoms with E-state index in [-0.39, 0.29) is 18.4 Å². The molecule has 20 heavy (non-hydrogen) atoms. The van der Waals surface area contributed by atoms with Crippen LogP contribution < -0.4 is 15.4 Å². The number of hydrogen-bond donors (Lipinski definition) is 2. The maximum atomic E-state index is 11.7. The third kappa shape index (κ3) is 5.30. The normalized spacial score (nSPS) is 11.6. The highest BCUT2D eigenvalue weighted by Gasteiger charge is 2.14. The number of likely N-dealkylation sites (N-methyl/N-ethyl adjacent to an activating group) is 1. The molecular formula is C15H22N2O3. The lowest BCUT2D eigenvalue weighted by atomic mass is 10.1. The third-order valence-electron chi connectivity index (χ3n) is 2.69. The van der Waals surface area contributed by atoms with E-state index in [2.05, 4.69) is 10.6 Å². The van der Waals surface area contributed by atoms with Gasteiger partial charge in [0.15, 0.2) is 6.61 Å². The van der Waals surface area contributed by atoms with Gasteiger partial charge in [0.2, 0.25) is 5.91 Å². The Hall–Kier alpha value is -2.04. The van der Waals surface area contributed by atoms with Crippen molar-refractivity contribution in [3.05, 3.63) is 29.3 Å². The lowest BCUT2D eigenvalue weighted by molar-refractivity contribution is -0.129. The lowest BCUT2D eigenvalue weighted by Gasteiger charge is -2.14. The zero-order valence-corrected chi connectivity index (χ0v) is 12.4. The first kappa shape index (κ1) is 16.0. The number of hydrogen-bond acceptors (Lipinski definition) is 3. The Kier molecular flexibility index (Phi) is 6.03. The molecule has 1 aromatic carbocycles. The lowest BCUT2D eigenvalue weighted by Crippen LogP contribution is -2.46. The minimum Gasteiger partial charge on any atom is -0.484 e. The molecule has 0 unspecified atom stereocenters. The summed E-state index contributed by atoms with van der Waals surface area (Å²) < 4.78 is 5.43. The third-order valence-corrected chi connectivity index (χ3v) is 2.69. The van der Waals surface area contributed by atoms with Gasteiger partial charge in [0.1, 0.15) is 11.8 Å². The van der Waals surface area contributed by atoms with Crippen LogP contribution in [0.15, 0.2) is 18.2 Å². The van der Waals surface area contributed by atoms with Crippen molar-refractivity contribution in [1.82, 2.24) is 10.6 Å². The topological polar surface area (TPSA) is 67.4 Å². The first-order valence-electron chi connectivity index (χ1n) is 6.70. The monoisotopic (exact) mass is 278 g/mol.